The fourth-order valence-corrected chi connectivity index (χ4v) is 7.52. The zero-order valence-corrected chi connectivity index (χ0v) is 31.6. The van der Waals surface area contributed by atoms with Gasteiger partial charge in [-0.3, -0.25) is 14.9 Å². The highest BCUT2D eigenvalue weighted by molar-refractivity contribution is 7.99. The number of hydrogen-bond acceptors (Lipinski definition) is 10. The second kappa shape index (κ2) is 17.3. The summed E-state index contributed by atoms with van der Waals surface area (Å²) in [5.74, 6) is -0.254. The molecule has 3 aromatic carbocycles. The second-order valence-corrected chi connectivity index (χ2v) is 17.2. The van der Waals surface area contributed by atoms with Crippen LogP contribution in [0.2, 0.25) is 0 Å². The quantitative estimate of drug-likeness (QED) is 0.0613. The maximum absolute atomic E-state index is 13.3. The zero-order valence-electron chi connectivity index (χ0n) is 29.9. The van der Waals surface area contributed by atoms with E-state index >= 15 is 0 Å². The van der Waals surface area contributed by atoms with Crippen molar-refractivity contribution in [3.05, 3.63) is 88.5 Å². The molecule has 0 aromatic heterocycles. The lowest BCUT2D eigenvalue weighted by Crippen LogP contribution is -2.37. The Bertz CT molecular complexity index is 1750. The van der Waals surface area contributed by atoms with Crippen LogP contribution in [0.5, 0.6) is 0 Å². The van der Waals surface area contributed by atoms with Crippen LogP contribution < -0.4 is 20.3 Å². The number of piperidine rings is 1. The number of benzene rings is 3. The average Bonchev–Trinajstić information content (AvgIpc) is 3.06. The summed E-state index contributed by atoms with van der Waals surface area (Å²) in [6.45, 7) is 12.1. The first-order valence-corrected chi connectivity index (χ1v) is 19.6. The number of nitrogens with zero attached hydrogens (tertiary/aromatic N) is 2. The number of nitrogens with one attached hydrogen (secondary N) is 3. The van der Waals surface area contributed by atoms with Crippen molar-refractivity contribution in [1.82, 2.24) is 10.0 Å². The number of nitro benzene ring substituents is 1. The number of carbonyl (C=O) groups excluding carboxylic acids is 2. The summed E-state index contributed by atoms with van der Waals surface area (Å²) in [4.78, 5) is 39.4. The van der Waals surface area contributed by atoms with Gasteiger partial charge in [-0.1, -0.05) is 32.0 Å². The lowest BCUT2D eigenvalue weighted by Gasteiger charge is -2.38. The van der Waals surface area contributed by atoms with Crippen molar-refractivity contribution < 1.29 is 27.7 Å². The van der Waals surface area contributed by atoms with E-state index in [0.29, 0.717) is 37.0 Å². The second-order valence-electron chi connectivity index (χ2n) is 14.5. The molecule has 3 aromatic rings. The third-order valence-corrected chi connectivity index (χ3v) is 11.0. The summed E-state index contributed by atoms with van der Waals surface area (Å²) in [6.07, 6.45) is 3.59. The van der Waals surface area contributed by atoms with Gasteiger partial charge in [0.15, 0.2) is 0 Å². The molecule has 0 spiro atoms. The summed E-state index contributed by atoms with van der Waals surface area (Å²) in [5, 5.41) is 18.2. The van der Waals surface area contributed by atoms with Gasteiger partial charge >= 0.3 is 6.09 Å². The van der Waals surface area contributed by atoms with E-state index in [1.54, 1.807) is 56.8 Å². The number of amides is 2. The van der Waals surface area contributed by atoms with Crippen molar-refractivity contribution in [3.63, 3.8) is 0 Å². The molecule has 1 aliphatic heterocycles. The van der Waals surface area contributed by atoms with Crippen LogP contribution in [0.3, 0.4) is 0 Å². The minimum atomic E-state index is -4.43. The standard InChI is InChI=1S/C37H49N5O7S2/c1-36(2,3)49-35(44)38-22-10-9-11-28(26-50-30-12-7-6-8-13-30)39-32-19-18-31(25-33(32)42(45)46)51(47,48)40-34(43)27-14-16-29(17-15-27)41-23-20-37(4,5)21-24-41/h6-8,12-19,25,28,39H,9-11,20-24,26H2,1-5H3,(H,38,44)(H,40,43)/t28-/m1/s1. The maximum Gasteiger partial charge on any atom is 0.407 e. The number of ether oxygens (including phenoxy) is 1. The van der Waals surface area contributed by atoms with Crippen molar-refractivity contribution >= 4 is 50.8 Å². The Morgan fingerprint density at radius 2 is 1.67 bits per heavy atom. The van der Waals surface area contributed by atoms with Crippen molar-refractivity contribution in [2.24, 2.45) is 5.41 Å². The van der Waals surface area contributed by atoms with Crippen LogP contribution in [0.1, 0.15) is 77.1 Å². The maximum atomic E-state index is 13.3. The Morgan fingerprint density at radius 1 is 1.00 bits per heavy atom. The number of rotatable bonds is 15. The summed E-state index contributed by atoms with van der Waals surface area (Å²) in [5.41, 5.74) is 0.544. The van der Waals surface area contributed by atoms with E-state index in [-0.39, 0.29) is 17.3 Å². The highest BCUT2D eigenvalue weighted by Gasteiger charge is 2.27. The van der Waals surface area contributed by atoms with Crippen molar-refractivity contribution in [3.8, 4) is 0 Å². The Balaban J connectivity index is 1.42. The van der Waals surface area contributed by atoms with Gasteiger partial charge in [-0.25, -0.2) is 17.9 Å². The number of unbranched alkanes of at least 4 members (excludes halogenated alkanes) is 1. The third-order valence-electron chi connectivity index (χ3n) is 8.52. The lowest BCUT2D eigenvalue weighted by atomic mass is 9.82. The molecular weight excluding hydrogens is 691 g/mol. The van der Waals surface area contributed by atoms with Gasteiger partial charge in [-0.15, -0.1) is 11.8 Å². The Kier molecular flexibility index (Phi) is 13.4. The molecule has 1 aliphatic rings. The van der Waals surface area contributed by atoms with E-state index in [4.69, 9.17) is 4.74 Å². The molecule has 1 fully saturated rings. The Labute approximate surface area is 305 Å². The van der Waals surface area contributed by atoms with Crippen LogP contribution in [-0.2, 0) is 14.8 Å². The Morgan fingerprint density at radius 3 is 2.29 bits per heavy atom. The normalized spacial score (nSPS) is 15.0. The van der Waals surface area contributed by atoms with E-state index in [0.717, 1.165) is 42.6 Å². The van der Waals surface area contributed by atoms with Gasteiger partial charge < -0.3 is 20.3 Å². The molecule has 1 heterocycles. The molecular formula is C37H49N5O7S2. The fraction of sp³-hybridized carbons (Fsp3) is 0.459. The molecule has 0 aliphatic carbocycles. The molecule has 0 bridgehead atoms. The van der Waals surface area contributed by atoms with Crippen LogP contribution in [0.15, 0.2) is 82.6 Å². The van der Waals surface area contributed by atoms with E-state index < -0.39 is 43.1 Å². The summed E-state index contributed by atoms with van der Waals surface area (Å²) in [6, 6.07) is 19.8. The molecule has 3 N–H and O–H groups in total. The van der Waals surface area contributed by atoms with Gasteiger partial charge in [0.25, 0.3) is 21.6 Å². The smallest absolute Gasteiger partial charge is 0.407 e. The third kappa shape index (κ3) is 12.5. The van der Waals surface area contributed by atoms with Gasteiger partial charge in [0.05, 0.1) is 9.82 Å². The summed E-state index contributed by atoms with van der Waals surface area (Å²) < 4.78 is 33.9. The van der Waals surface area contributed by atoms with Crippen LogP contribution in [0.4, 0.5) is 21.9 Å². The van der Waals surface area contributed by atoms with Crippen molar-refractivity contribution in [2.75, 3.05) is 35.6 Å². The SMILES string of the molecule is CC1(C)CCN(c2ccc(C(=O)NS(=O)(=O)c3ccc(N[C@H](CCCCNC(=O)OC(C)(C)C)CSc4ccccc4)c([N+](=O)[O-])c3)cc2)CC1. The highest BCUT2D eigenvalue weighted by atomic mass is 32.2. The number of sulfonamides is 1. The summed E-state index contributed by atoms with van der Waals surface area (Å²) >= 11 is 1.59. The zero-order chi connectivity index (χ0) is 37.2. The van der Waals surface area contributed by atoms with Gasteiger partial charge in [0.2, 0.25) is 0 Å². The van der Waals surface area contributed by atoms with Crippen LogP contribution in [-0.4, -0.2) is 62.4 Å². The Hall–Kier alpha value is -4.30. The molecule has 14 heteroatoms. The topological polar surface area (TPSA) is 160 Å². The van der Waals surface area contributed by atoms with Crippen molar-refractivity contribution in [1.29, 1.82) is 0 Å². The predicted octanol–water partition coefficient (Wildman–Crippen LogP) is 7.61. The van der Waals surface area contributed by atoms with Crippen LogP contribution >= 0.6 is 11.8 Å². The molecule has 0 unspecified atom stereocenters. The molecule has 0 saturated carbocycles. The predicted molar refractivity (Wildman–Crippen MR) is 202 cm³/mol. The molecule has 12 nitrogen and oxygen atoms in total. The van der Waals surface area contributed by atoms with Crippen molar-refractivity contribution in [2.45, 2.75) is 88.2 Å². The largest absolute Gasteiger partial charge is 0.444 e. The number of hydrogen-bond donors (Lipinski definition) is 3. The first-order chi connectivity index (χ1) is 24.0. The fourth-order valence-electron chi connectivity index (χ4n) is 5.54. The number of anilines is 2. The number of nitro groups is 1. The lowest BCUT2D eigenvalue weighted by molar-refractivity contribution is -0.384. The minimum absolute atomic E-state index is 0.160. The molecule has 1 saturated heterocycles. The van der Waals surface area contributed by atoms with E-state index in [9.17, 15) is 28.1 Å². The first-order valence-electron chi connectivity index (χ1n) is 17.1. The molecule has 276 valence electrons. The summed E-state index contributed by atoms with van der Waals surface area (Å²) in [7, 11) is -4.43. The molecule has 2 amide bonds. The van der Waals surface area contributed by atoms with Gasteiger partial charge in [0.1, 0.15) is 11.3 Å². The molecule has 51 heavy (non-hydrogen) atoms. The van der Waals surface area contributed by atoms with E-state index in [1.807, 2.05) is 30.3 Å². The monoisotopic (exact) mass is 739 g/mol. The van der Waals surface area contributed by atoms with Gasteiger partial charge in [0, 0.05) is 53.6 Å². The number of alkyl carbamates (subject to hydrolysis) is 1. The number of thioether (sulfide) groups is 1. The van der Waals surface area contributed by atoms with E-state index in [2.05, 4.69) is 34.1 Å². The van der Waals surface area contributed by atoms with E-state index in [1.165, 1.54) is 12.1 Å². The average molecular weight is 740 g/mol. The van der Waals surface area contributed by atoms with Gasteiger partial charge in [-0.05, 0) is 107 Å². The van der Waals surface area contributed by atoms with Crippen LogP contribution in [0, 0.1) is 15.5 Å². The molecule has 0 radical (unpaired) electrons. The molecule has 1 atom stereocenters. The van der Waals surface area contributed by atoms with Crippen LogP contribution in [0.25, 0.3) is 0 Å². The van der Waals surface area contributed by atoms with Gasteiger partial charge in [-0.2, -0.15) is 0 Å². The first kappa shape index (κ1) is 39.5. The highest BCUT2D eigenvalue weighted by Crippen LogP contribution is 2.33. The number of carbonyl (C=O) groups is 2. The molecule has 4 rings (SSSR count). The minimum Gasteiger partial charge on any atom is -0.444 e.